The summed E-state index contributed by atoms with van der Waals surface area (Å²) in [4.78, 5) is 51.2. The highest BCUT2D eigenvalue weighted by Crippen LogP contribution is 2.17. The van der Waals surface area contributed by atoms with Crippen molar-refractivity contribution >= 4 is 23.6 Å². The minimum absolute atomic E-state index is 0.0526. The van der Waals surface area contributed by atoms with E-state index in [1.54, 1.807) is 24.3 Å². The molecule has 0 radical (unpaired) electrons. The second-order valence-electron chi connectivity index (χ2n) is 7.94. The molecule has 0 bridgehead atoms. The van der Waals surface area contributed by atoms with Crippen LogP contribution in [0.1, 0.15) is 54.9 Å². The Morgan fingerprint density at radius 2 is 1.67 bits per heavy atom. The van der Waals surface area contributed by atoms with Crippen LogP contribution < -0.4 is 10.6 Å². The van der Waals surface area contributed by atoms with Crippen molar-refractivity contribution in [3.63, 3.8) is 0 Å². The molecule has 8 heteroatoms. The molecule has 2 aliphatic heterocycles. The first-order valence-electron chi connectivity index (χ1n) is 10.7. The summed E-state index contributed by atoms with van der Waals surface area (Å²) in [5.41, 5.74) is 1.38. The van der Waals surface area contributed by atoms with Crippen molar-refractivity contribution in [2.75, 3.05) is 26.2 Å². The second kappa shape index (κ2) is 10.3. The quantitative estimate of drug-likeness (QED) is 0.620. The summed E-state index contributed by atoms with van der Waals surface area (Å²) in [6.45, 7) is 4.95. The monoisotopic (exact) mass is 414 g/mol. The molecule has 0 saturated carbocycles. The van der Waals surface area contributed by atoms with Crippen LogP contribution >= 0.6 is 0 Å². The van der Waals surface area contributed by atoms with Gasteiger partial charge in [-0.05, 0) is 37.0 Å². The molecule has 162 valence electrons. The Kier molecular flexibility index (Phi) is 7.57. The molecule has 8 nitrogen and oxygen atoms in total. The highest BCUT2D eigenvalue weighted by Gasteiger charge is 2.28. The molecule has 3 rings (SSSR count). The smallest absolute Gasteiger partial charge is 0.251 e. The summed E-state index contributed by atoms with van der Waals surface area (Å²) in [7, 11) is 0. The van der Waals surface area contributed by atoms with E-state index in [1.165, 1.54) is 4.90 Å². The molecule has 1 aromatic rings. The van der Waals surface area contributed by atoms with Crippen molar-refractivity contribution in [1.29, 1.82) is 0 Å². The molecule has 0 aromatic heterocycles. The number of piperidine rings is 1. The maximum atomic E-state index is 12.5. The van der Waals surface area contributed by atoms with Gasteiger partial charge in [-0.15, -0.1) is 0 Å². The molecule has 0 atom stereocenters. The molecule has 4 amide bonds. The third-order valence-electron chi connectivity index (χ3n) is 5.57. The molecular weight excluding hydrogens is 384 g/mol. The van der Waals surface area contributed by atoms with Crippen molar-refractivity contribution in [3.8, 4) is 0 Å². The van der Waals surface area contributed by atoms with Gasteiger partial charge in [0.1, 0.15) is 0 Å². The van der Waals surface area contributed by atoms with Gasteiger partial charge in [-0.25, -0.2) is 0 Å². The van der Waals surface area contributed by atoms with Gasteiger partial charge >= 0.3 is 0 Å². The average molecular weight is 415 g/mol. The number of imide groups is 1. The number of likely N-dealkylation sites (tertiary alicyclic amines) is 2. The van der Waals surface area contributed by atoms with Crippen LogP contribution in [0.4, 0.5) is 0 Å². The number of benzene rings is 1. The van der Waals surface area contributed by atoms with Gasteiger partial charge in [0.25, 0.3) is 5.91 Å². The zero-order valence-corrected chi connectivity index (χ0v) is 17.5. The Hall–Kier alpha value is -2.74. The lowest BCUT2D eigenvalue weighted by atomic mass is 10.0. The van der Waals surface area contributed by atoms with Gasteiger partial charge in [0.15, 0.2) is 0 Å². The molecule has 2 heterocycles. The van der Waals surface area contributed by atoms with Crippen molar-refractivity contribution < 1.29 is 19.2 Å². The predicted octanol–water partition coefficient (Wildman–Crippen LogP) is 1.06. The summed E-state index contributed by atoms with van der Waals surface area (Å²) in [5, 5.41) is 5.95. The lowest BCUT2D eigenvalue weighted by Gasteiger charge is -2.31. The lowest BCUT2D eigenvalue weighted by molar-refractivity contribution is -0.139. The van der Waals surface area contributed by atoms with E-state index in [2.05, 4.69) is 15.5 Å². The molecule has 2 fully saturated rings. The van der Waals surface area contributed by atoms with Crippen molar-refractivity contribution in [2.24, 2.45) is 0 Å². The molecule has 2 N–H and O–H groups in total. The lowest BCUT2D eigenvalue weighted by Crippen LogP contribution is -2.47. The van der Waals surface area contributed by atoms with Gasteiger partial charge < -0.3 is 10.6 Å². The summed E-state index contributed by atoms with van der Waals surface area (Å²) in [6.07, 6.45) is 3.10. The standard InChI is InChI=1S/C22H30N4O4/c1-2-11-23-19(27)15-25-12-9-18(10-13-25)24-22(30)17-5-3-16(4-6-17)14-26-20(28)7-8-21(26)29/h3-6,18H,2,7-15H2,1H3,(H,23,27)(H,24,30). The zero-order chi connectivity index (χ0) is 21.5. The van der Waals surface area contributed by atoms with E-state index < -0.39 is 0 Å². The molecule has 0 spiro atoms. The van der Waals surface area contributed by atoms with E-state index in [1.807, 2.05) is 6.92 Å². The maximum absolute atomic E-state index is 12.5. The molecule has 2 aliphatic rings. The first-order valence-corrected chi connectivity index (χ1v) is 10.7. The molecule has 30 heavy (non-hydrogen) atoms. The van der Waals surface area contributed by atoms with Crippen molar-refractivity contribution in [2.45, 2.75) is 51.6 Å². The Bertz CT molecular complexity index is 769. The normalized spacial score (nSPS) is 18.0. The summed E-state index contributed by atoms with van der Waals surface area (Å²) >= 11 is 0. The third kappa shape index (κ3) is 5.89. The minimum Gasteiger partial charge on any atom is -0.355 e. The van der Waals surface area contributed by atoms with Crippen LogP contribution in [-0.2, 0) is 20.9 Å². The largest absolute Gasteiger partial charge is 0.355 e. The number of hydrogen-bond acceptors (Lipinski definition) is 5. The van der Waals surface area contributed by atoms with Gasteiger partial charge in [0, 0.05) is 44.1 Å². The Morgan fingerprint density at radius 1 is 1.03 bits per heavy atom. The number of nitrogens with zero attached hydrogens (tertiary/aromatic N) is 2. The summed E-state index contributed by atoms with van der Waals surface area (Å²) in [5.74, 6) is -0.363. The molecule has 1 aromatic carbocycles. The fraction of sp³-hybridized carbons (Fsp3) is 0.545. The van der Waals surface area contributed by atoms with Gasteiger partial charge in [-0.3, -0.25) is 29.0 Å². The Balaban J connectivity index is 1.43. The number of carbonyl (C=O) groups is 4. The van der Waals surface area contributed by atoms with E-state index >= 15 is 0 Å². The summed E-state index contributed by atoms with van der Waals surface area (Å²) in [6, 6.07) is 7.11. The van der Waals surface area contributed by atoms with E-state index in [-0.39, 0.29) is 49.1 Å². The van der Waals surface area contributed by atoms with Crippen LogP contribution in [-0.4, -0.2) is 65.6 Å². The topological polar surface area (TPSA) is 98.8 Å². The first kappa shape index (κ1) is 22.0. The van der Waals surface area contributed by atoms with E-state index in [9.17, 15) is 19.2 Å². The van der Waals surface area contributed by atoms with Crippen LogP contribution in [0, 0.1) is 0 Å². The van der Waals surface area contributed by atoms with Gasteiger partial charge in [-0.2, -0.15) is 0 Å². The molecule has 0 aliphatic carbocycles. The van der Waals surface area contributed by atoms with E-state index in [0.29, 0.717) is 18.7 Å². The highest BCUT2D eigenvalue weighted by molar-refractivity contribution is 6.01. The molecular formula is C22H30N4O4. The summed E-state index contributed by atoms with van der Waals surface area (Å²) < 4.78 is 0. The van der Waals surface area contributed by atoms with Crippen LogP contribution in [0.25, 0.3) is 0 Å². The second-order valence-corrected chi connectivity index (χ2v) is 7.94. The number of hydrogen-bond donors (Lipinski definition) is 2. The fourth-order valence-corrected chi connectivity index (χ4v) is 3.77. The zero-order valence-electron chi connectivity index (χ0n) is 17.5. The number of amides is 4. The van der Waals surface area contributed by atoms with Crippen LogP contribution in [0.2, 0.25) is 0 Å². The number of nitrogens with one attached hydrogen (secondary N) is 2. The first-order chi connectivity index (χ1) is 14.5. The predicted molar refractivity (Wildman–Crippen MR) is 111 cm³/mol. The number of rotatable bonds is 8. The van der Waals surface area contributed by atoms with E-state index in [4.69, 9.17) is 0 Å². The molecule has 2 saturated heterocycles. The Labute approximate surface area is 177 Å². The highest BCUT2D eigenvalue weighted by atomic mass is 16.2. The van der Waals surface area contributed by atoms with Gasteiger partial charge in [0.05, 0.1) is 13.1 Å². The number of carbonyl (C=O) groups excluding carboxylic acids is 4. The van der Waals surface area contributed by atoms with Crippen molar-refractivity contribution in [1.82, 2.24) is 20.4 Å². The maximum Gasteiger partial charge on any atom is 0.251 e. The average Bonchev–Trinajstić information content (AvgIpc) is 3.06. The fourth-order valence-electron chi connectivity index (χ4n) is 3.77. The van der Waals surface area contributed by atoms with Crippen LogP contribution in [0.3, 0.4) is 0 Å². The van der Waals surface area contributed by atoms with Gasteiger partial charge in [-0.1, -0.05) is 19.1 Å². The van der Waals surface area contributed by atoms with Crippen LogP contribution in [0.15, 0.2) is 24.3 Å². The third-order valence-corrected chi connectivity index (χ3v) is 5.57. The minimum atomic E-state index is -0.143. The Morgan fingerprint density at radius 3 is 2.27 bits per heavy atom. The van der Waals surface area contributed by atoms with Gasteiger partial charge in [0.2, 0.25) is 17.7 Å². The molecule has 0 unspecified atom stereocenters. The SMILES string of the molecule is CCCNC(=O)CN1CCC(NC(=O)c2ccc(CN3C(=O)CCC3=O)cc2)CC1. The van der Waals surface area contributed by atoms with E-state index in [0.717, 1.165) is 37.9 Å². The van der Waals surface area contributed by atoms with Crippen molar-refractivity contribution in [3.05, 3.63) is 35.4 Å². The van der Waals surface area contributed by atoms with Crippen LogP contribution in [0.5, 0.6) is 0 Å².